The Bertz CT molecular complexity index is 545. The van der Waals surface area contributed by atoms with Crippen molar-refractivity contribution in [2.75, 3.05) is 13.1 Å². The van der Waals surface area contributed by atoms with E-state index >= 15 is 0 Å². The lowest BCUT2D eigenvalue weighted by Gasteiger charge is -2.33. The van der Waals surface area contributed by atoms with Gasteiger partial charge in [0.1, 0.15) is 4.90 Å². The normalized spacial score (nSPS) is 23.2. The van der Waals surface area contributed by atoms with Crippen molar-refractivity contribution < 1.29 is 8.42 Å². The molecule has 2 rings (SSSR count). The molecule has 1 saturated heterocycles. The third-order valence-corrected chi connectivity index (χ3v) is 5.98. The van der Waals surface area contributed by atoms with Crippen molar-refractivity contribution in [3.63, 3.8) is 0 Å². The Balaban J connectivity index is 2.28. The minimum Gasteiger partial charge on any atom is -0.328 e. The molecule has 106 valence electrons. The van der Waals surface area contributed by atoms with Crippen molar-refractivity contribution in [3.8, 4) is 0 Å². The Morgan fingerprint density at radius 3 is 2.74 bits per heavy atom. The summed E-state index contributed by atoms with van der Waals surface area (Å²) in [5, 5.41) is 0.269. The highest BCUT2D eigenvalue weighted by atomic mass is 35.5. The van der Waals surface area contributed by atoms with E-state index in [4.69, 9.17) is 17.3 Å². The van der Waals surface area contributed by atoms with Crippen molar-refractivity contribution >= 4 is 21.6 Å². The largest absolute Gasteiger partial charge is 0.328 e. The third-order valence-electron chi connectivity index (χ3n) is 3.62. The Labute approximate surface area is 119 Å². The molecular formula is C13H19ClN2O2S. The second-order valence-electron chi connectivity index (χ2n) is 5.05. The molecular weight excluding hydrogens is 284 g/mol. The molecule has 1 aromatic rings. The highest BCUT2D eigenvalue weighted by Crippen LogP contribution is 2.28. The fourth-order valence-corrected chi connectivity index (χ4v) is 4.44. The van der Waals surface area contributed by atoms with Gasteiger partial charge in [0, 0.05) is 19.1 Å². The first-order valence-corrected chi connectivity index (χ1v) is 8.25. The summed E-state index contributed by atoms with van der Waals surface area (Å²) in [6, 6.07) is 6.56. The van der Waals surface area contributed by atoms with E-state index < -0.39 is 10.0 Å². The summed E-state index contributed by atoms with van der Waals surface area (Å²) in [5.41, 5.74) is 5.89. The smallest absolute Gasteiger partial charge is 0.244 e. The van der Waals surface area contributed by atoms with Crippen LogP contribution >= 0.6 is 11.6 Å². The van der Waals surface area contributed by atoms with Crippen LogP contribution in [0.1, 0.15) is 19.8 Å². The zero-order valence-electron chi connectivity index (χ0n) is 10.9. The molecule has 2 atom stereocenters. The molecule has 4 nitrogen and oxygen atoms in total. The number of benzene rings is 1. The van der Waals surface area contributed by atoms with Crippen LogP contribution in [0.15, 0.2) is 29.2 Å². The maximum Gasteiger partial charge on any atom is 0.244 e. The minimum absolute atomic E-state index is 0.00393. The number of nitrogens with zero attached hydrogens (tertiary/aromatic N) is 1. The Morgan fingerprint density at radius 1 is 1.42 bits per heavy atom. The molecule has 0 bridgehead atoms. The number of rotatable bonds is 3. The lowest BCUT2D eigenvalue weighted by Crippen LogP contribution is -2.45. The zero-order valence-corrected chi connectivity index (χ0v) is 12.5. The summed E-state index contributed by atoms with van der Waals surface area (Å²) >= 11 is 6.00. The number of sulfonamides is 1. The number of nitrogens with two attached hydrogens (primary N) is 1. The van der Waals surface area contributed by atoms with Crippen LogP contribution in [-0.4, -0.2) is 31.9 Å². The van der Waals surface area contributed by atoms with Crippen molar-refractivity contribution in [1.82, 2.24) is 4.31 Å². The Morgan fingerprint density at radius 2 is 2.11 bits per heavy atom. The van der Waals surface area contributed by atoms with Crippen molar-refractivity contribution in [2.24, 2.45) is 11.7 Å². The molecule has 1 aromatic carbocycles. The molecule has 0 amide bonds. The predicted molar refractivity (Wildman–Crippen MR) is 76.6 cm³/mol. The Hall–Kier alpha value is -0.620. The van der Waals surface area contributed by atoms with Gasteiger partial charge in [-0.1, -0.05) is 23.7 Å². The number of hydrogen-bond donors (Lipinski definition) is 1. The van der Waals surface area contributed by atoms with Gasteiger partial charge in [-0.05, 0) is 37.8 Å². The fraction of sp³-hybridized carbons (Fsp3) is 0.538. The monoisotopic (exact) mass is 302 g/mol. The molecule has 0 aliphatic carbocycles. The zero-order chi connectivity index (χ0) is 14.0. The van der Waals surface area contributed by atoms with Gasteiger partial charge in [0.15, 0.2) is 0 Å². The van der Waals surface area contributed by atoms with Gasteiger partial charge in [-0.25, -0.2) is 8.42 Å². The molecule has 19 heavy (non-hydrogen) atoms. The topological polar surface area (TPSA) is 63.4 Å². The summed E-state index contributed by atoms with van der Waals surface area (Å²) in [4.78, 5) is 0.182. The summed E-state index contributed by atoms with van der Waals surface area (Å²) in [6.07, 6.45) is 1.82. The molecule has 0 unspecified atom stereocenters. The maximum atomic E-state index is 12.6. The average molecular weight is 303 g/mol. The highest BCUT2D eigenvalue weighted by Gasteiger charge is 2.32. The van der Waals surface area contributed by atoms with Crippen LogP contribution in [0.4, 0.5) is 0 Å². The lowest BCUT2D eigenvalue weighted by atomic mass is 9.93. The maximum absolute atomic E-state index is 12.6. The molecule has 6 heteroatoms. The van der Waals surface area contributed by atoms with Gasteiger partial charge >= 0.3 is 0 Å². The van der Waals surface area contributed by atoms with Crippen LogP contribution in [0.3, 0.4) is 0 Å². The molecule has 2 N–H and O–H groups in total. The van der Waals surface area contributed by atoms with Crippen molar-refractivity contribution in [2.45, 2.75) is 30.7 Å². The van der Waals surface area contributed by atoms with Crippen LogP contribution < -0.4 is 5.73 Å². The lowest BCUT2D eigenvalue weighted by molar-refractivity contribution is 0.243. The summed E-state index contributed by atoms with van der Waals surface area (Å²) in [5.74, 6) is 0.214. The number of halogens is 1. The predicted octanol–water partition coefficient (Wildman–Crippen LogP) is 2.09. The van der Waals surface area contributed by atoms with E-state index in [1.807, 2.05) is 6.92 Å². The molecule has 0 radical (unpaired) electrons. The minimum atomic E-state index is -3.51. The quantitative estimate of drug-likeness (QED) is 0.930. The number of hydrogen-bond acceptors (Lipinski definition) is 3. The second-order valence-corrected chi connectivity index (χ2v) is 7.37. The van der Waals surface area contributed by atoms with Gasteiger partial charge < -0.3 is 5.73 Å². The summed E-state index contributed by atoms with van der Waals surface area (Å²) in [7, 11) is -3.51. The van der Waals surface area contributed by atoms with Crippen LogP contribution in [0, 0.1) is 5.92 Å². The molecule has 0 saturated carbocycles. The molecule has 0 aromatic heterocycles. The van der Waals surface area contributed by atoms with Gasteiger partial charge in [0.25, 0.3) is 0 Å². The molecule has 1 heterocycles. The van der Waals surface area contributed by atoms with E-state index in [-0.39, 0.29) is 21.9 Å². The van der Waals surface area contributed by atoms with Gasteiger partial charge in [-0.15, -0.1) is 0 Å². The molecule has 1 aliphatic heterocycles. The van der Waals surface area contributed by atoms with Crippen molar-refractivity contribution in [3.05, 3.63) is 29.3 Å². The van der Waals surface area contributed by atoms with E-state index in [9.17, 15) is 8.42 Å². The van der Waals surface area contributed by atoms with E-state index in [2.05, 4.69) is 0 Å². The van der Waals surface area contributed by atoms with Crippen LogP contribution in [0.2, 0.25) is 5.02 Å². The first kappa shape index (κ1) is 14.8. The first-order chi connectivity index (χ1) is 8.93. The third kappa shape index (κ3) is 3.11. The average Bonchev–Trinajstić information content (AvgIpc) is 2.39. The Kier molecular flexibility index (Phi) is 4.50. The molecule has 1 aliphatic rings. The SMILES string of the molecule is C[C@@H](N)[C@H]1CCCN(S(=O)(=O)c2ccccc2Cl)C1. The van der Waals surface area contributed by atoms with Crippen molar-refractivity contribution in [1.29, 1.82) is 0 Å². The standard InChI is InChI=1S/C13H19ClN2O2S/c1-10(15)11-5-4-8-16(9-11)19(17,18)13-7-3-2-6-12(13)14/h2-3,6-7,10-11H,4-5,8-9,15H2,1H3/t10-,11+/m1/s1. The fourth-order valence-electron chi connectivity index (χ4n) is 2.41. The van der Waals surface area contributed by atoms with Gasteiger partial charge in [0.2, 0.25) is 10.0 Å². The first-order valence-electron chi connectivity index (χ1n) is 6.43. The van der Waals surface area contributed by atoms with E-state index in [1.165, 1.54) is 4.31 Å². The van der Waals surface area contributed by atoms with E-state index in [0.29, 0.717) is 13.1 Å². The van der Waals surface area contributed by atoms with E-state index in [1.54, 1.807) is 24.3 Å². The second kappa shape index (κ2) is 5.79. The van der Waals surface area contributed by atoms with Crippen LogP contribution in [0.25, 0.3) is 0 Å². The summed E-state index contributed by atoms with van der Waals surface area (Å²) in [6.45, 7) is 2.94. The number of piperidine rings is 1. The molecule has 0 spiro atoms. The molecule has 1 fully saturated rings. The van der Waals surface area contributed by atoms with Gasteiger partial charge in [-0.2, -0.15) is 4.31 Å². The van der Waals surface area contributed by atoms with Crippen LogP contribution in [-0.2, 0) is 10.0 Å². The van der Waals surface area contributed by atoms with Gasteiger partial charge in [-0.3, -0.25) is 0 Å². The van der Waals surface area contributed by atoms with Gasteiger partial charge in [0.05, 0.1) is 5.02 Å². The van der Waals surface area contributed by atoms with Crippen LogP contribution in [0.5, 0.6) is 0 Å². The summed E-state index contributed by atoms with van der Waals surface area (Å²) < 4.78 is 26.7. The van der Waals surface area contributed by atoms with E-state index in [0.717, 1.165) is 12.8 Å². The highest BCUT2D eigenvalue weighted by molar-refractivity contribution is 7.89.